The standard InChI is InChI=1S/C21H36N2O4S/c1-3-5-7-9-14-26-20(24)17-23(13-11-19-22-12-16-28-19)18-21(25)27-15-10-8-6-4-2/h11,13H,3-10,12,14-18H2,1-2H3. The zero-order valence-electron chi connectivity index (χ0n) is 17.5. The van der Waals surface area contributed by atoms with Gasteiger partial charge >= 0.3 is 11.9 Å². The zero-order chi connectivity index (χ0) is 20.5. The molecular formula is C21H36N2O4S. The minimum absolute atomic E-state index is 0.0349. The van der Waals surface area contributed by atoms with Crippen LogP contribution >= 0.6 is 11.8 Å². The molecule has 6 nitrogen and oxygen atoms in total. The van der Waals surface area contributed by atoms with Gasteiger partial charge in [0.1, 0.15) is 13.1 Å². The molecule has 0 fully saturated rings. The van der Waals surface area contributed by atoms with E-state index in [-0.39, 0.29) is 25.0 Å². The molecule has 1 heterocycles. The molecule has 0 atom stereocenters. The van der Waals surface area contributed by atoms with Gasteiger partial charge in [-0.3, -0.25) is 14.6 Å². The summed E-state index contributed by atoms with van der Waals surface area (Å²) >= 11 is 1.67. The van der Waals surface area contributed by atoms with Crippen LogP contribution in [0.1, 0.15) is 65.2 Å². The lowest BCUT2D eigenvalue weighted by Gasteiger charge is -2.18. The number of ether oxygens (including phenoxy) is 2. The van der Waals surface area contributed by atoms with Crippen LogP contribution in [-0.4, -0.2) is 60.5 Å². The summed E-state index contributed by atoms with van der Waals surface area (Å²) in [6.45, 7) is 6.03. The van der Waals surface area contributed by atoms with Crippen molar-refractivity contribution in [3.05, 3.63) is 12.3 Å². The van der Waals surface area contributed by atoms with Crippen molar-refractivity contribution in [1.82, 2.24) is 4.90 Å². The van der Waals surface area contributed by atoms with Crippen LogP contribution in [-0.2, 0) is 19.1 Å². The van der Waals surface area contributed by atoms with Gasteiger partial charge < -0.3 is 14.4 Å². The Kier molecular flexibility index (Phi) is 14.4. The molecule has 0 aromatic rings. The lowest BCUT2D eigenvalue weighted by atomic mass is 10.2. The van der Waals surface area contributed by atoms with Crippen LogP contribution in [0.4, 0.5) is 0 Å². The Bertz CT molecular complexity index is 481. The van der Waals surface area contributed by atoms with Crippen molar-refractivity contribution in [3.8, 4) is 0 Å². The average Bonchev–Trinajstić information content (AvgIpc) is 3.19. The van der Waals surface area contributed by atoms with Crippen molar-refractivity contribution in [2.45, 2.75) is 65.2 Å². The van der Waals surface area contributed by atoms with E-state index >= 15 is 0 Å². The number of unbranched alkanes of at least 4 members (excludes halogenated alkanes) is 6. The van der Waals surface area contributed by atoms with Crippen LogP contribution in [0.5, 0.6) is 0 Å². The first-order chi connectivity index (χ1) is 13.7. The maximum atomic E-state index is 12.1. The number of hydrogen-bond donors (Lipinski definition) is 0. The number of hydrogen-bond acceptors (Lipinski definition) is 7. The quantitative estimate of drug-likeness (QED) is 0.280. The number of esters is 2. The average molecular weight is 413 g/mol. The van der Waals surface area contributed by atoms with Gasteiger partial charge in [-0.15, -0.1) is 11.8 Å². The number of carbonyl (C=O) groups is 2. The number of carbonyl (C=O) groups excluding carboxylic acids is 2. The van der Waals surface area contributed by atoms with Crippen molar-refractivity contribution in [3.63, 3.8) is 0 Å². The first-order valence-corrected chi connectivity index (χ1v) is 11.5. The molecule has 7 heteroatoms. The largest absolute Gasteiger partial charge is 0.464 e. The van der Waals surface area contributed by atoms with Gasteiger partial charge in [0, 0.05) is 18.5 Å². The Morgan fingerprint density at radius 2 is 1.54 bits per heavy atom. The van der Waals surface area contributed by atoms with Crippen LogP contribution in [0, 0.1) is 0 Å². The van der Waals surface area contributed by atoms with Crippen molar-refractivity contribution < 1.29 is 19.1 Å². The summed E-state index contributed by atoms with van der Waals surface area (Å²) < 4.78 is 10.6. The highest BCUT2D eigenvalue weighted by Crippen LogP contribution is 2.12. The number of thioether (sulfide) groups is 1. The van der Waals surface area contributed by atoms with Gasteiger partial charge in [-0.25, -0.2) is 0 Å². The van der Waals surface area contributed by atoms with E-state index in [4.69, 9.17) is 9.47 Å². The van der Waals surface area contributed by atoms with Gasteiger partial charge in [-0.2, -0.15) is 0 Å². The SMILES string of the molecule is CCCCCCOC(=O)CN(C=CC1=NCCS1)CC(=O)OCCCCCC. The maximum absolute atomic E-state index is 12.1. The molecule has 0 aliphatic carbocycles. The highest BCUT2D eigenvalue weighted by molar-refractivity contribution is 8.14. The van der Waals surface area contributed by atoms with Gasteiger partial charge in [0.15, 0.2) is 0 Å². The highest BCUT2D eigenvalue weighted by Gasteiger charge is 2.14. The van der Waals surface area contributed by atoms with Gasteiger partial charge in [-0.1, -0.05) is 52.4 Å². The molecule has 0 saturated heterocycles. The minimum atomic E-state index is -0.321. The van der Waals surface area contributed by atoms with Crippen molar-refractivity contribution in [1.29, 1.82) is 0 Å². The Morgan fingerprint density at radius 1 is 0.964 bits per heavy atom. The van der Waals surface area contributed by atoms with Crippen LogP contribution in [0.3, 0.4) is 0 Å². The monoisotopic (exact) mass is 412 g/mol. The van der Waals surface area contributed by atoms with Crippen molar-refractivity contribution >= 4 is 28.7 Å². The third-order valence-electron chi connectivity index (χ3n) is 4.22. The molecule has 0 aromatic carbocycles. The molecule has 28 heavy (non-hydrogen) atoms. The Balaban J connectivity index is 2.42. The van der Waals surface area contributed by atoms with Crippen molar-refractivity contribution in [2.24, 2.45) is 4.99 Å². The normalized spacial score (nSPS) is 13.6. The Labute approximate surface area is 174 Å². The summed E-state index contributed by atoms with van der Waals surface area (Å²) in [4.78, 5) is 30.2. The Morgan fingerprint density at radius 3 is 2.00 bits per heavy atom. The number of aliphatic imine (C=N–C) groups is 1. The van der Waals surface area contributed by atoms with Crippen LogP contribution < -0.4 is 0 Å². The van der Waals surface area contributed by atoms with E-state index in [2.05, 4.69) is 18.8 Å². The second-order valence-corrected chi connectivity index (χ2v) is 7.97. The van der Waals surface area contributed by atoms with E-state index in [1.807, 2.05) is 6.08 Å². The minimum Gasteiger partial charge on any atom is -0.464 e. The summed E-state index contributed by atoms with van der Waals surface area (Å²) in [5.41, 5.74) is 0. The third-order valence-corrected chi connectivity index (χ3v) is 5.17. The number of nitrogens with zero attached hydrogens (tertiary/aromatic N) is 2. The molecule has 0 aromatic heterocycles. The van der Waals surface area contributed by atoms with Crippen LogP contribution in [0.2, 0.25) is 0 Å². The molecule has 1 aliphatic rings. The third kappa shape index (κ3) is 12.8. The lowest BCUT2D eigenvalue weighted by molar-refractivity contribution is -0.147. The smallest absolute Gasteiger partial charge is 0.325 e. The van der Waals surface area contributed by atoms with Gasteiger partial charge in [-0.05, 0) is 18.9 Å². The van der Waals surface area contributed by atoms with E-state index in [0.717, 1.165) is 68.7 Å². The Hall–Kier alpha value is -1.50. The molecule has 0 spiro atoms. The lowest BCUT2D eigenvalue weighted by Crippen LogP contribution is -2.32. The van der Waals surface area contributed by atoms with Crippen LogP contribution in [0.15, 0.2) is 17.3 Å². The fraction of sp³-hybridized carbons (Fsp3) is 0.762. The molecule has 0 radical (unpaired) electrons. The fourth-order valence-corrected chi connectivity index (χ4v) is 3.37. The van der Waals surface area contributed by atoms with E-state index in [1.165, 1.54) is 0 Å². The molecule has 0 bridgehead atoms. The predicted octanol–water partition coefficient (Wildman–Crippen LogP) is 4.19. The maximum Gasteiger partial charge on any atom is 0.325 e. The molecular weight excluding hydrogens is 376 g/mol. The van der Waals surface area contributed by atoms with E-state index < -0.39 is 0 Å². The molecule has 0 unspecified atom stereocenters. The predicted molar refractivity (Wildman–Crippen MR) is 116 cm³/mol. The number of rotatable bonds is 16. The second-order valence-electron chi connectivity index (χ2n) is 6.85. The first kappa shape index (κ1) is 24.5. The summed E-state index contributed by atoms with van der Waals surface area (Å²) in [5.74, 6) is 0.329. The topological polar surface area (TPSA) is 68.2 Å². The van der Waals surface area contributed by atoms with Crippen LogP contribution in [0.25, 0.3) is 0 Å². The van der Waals surface area contributed by atoms with E-state index in [0.29, 0.717) is 13.2 Å². The summed E-state index contributed by atoms with van der Waals surface area (Å²) in [6.07, 6.45) is 12.1. The molecule has 0 N–H and O–H groups in total. The summed E-state index contributed by atoms with van der Waals surface area (Å²) in [6, 6.07) is 0. The first-order valence-electron chi connectivity index (χ1n) is 10.6. The molecule has 1 rings (SSSR count). The van der Waals surface area contributed by atoms with Gasteiger partial charge in [0.2, 0.25) is 0 Å². The molecule has 0 amide bonds. The fourth-order valence-electron chi connectivity index (χ4n) is 2.64. The molecule has 160 valence electrons. The van der Waals surface area contributed by atoms with E-state index in [1.54, 1.807) is 22.9 Å². The summed E-state index contributed by atoms with van der Waals surface area (Å²) in [5, 5.41) is 0.922. The summed E-state index contributed by atoms with van der Waals surface area (Å²) in [7, 11) is 0. The van der Waals surface area contributed by atoms with E-state index in [9.17, 15) is 9.59 Å². The van der Waals surface area contributed by atoms with Crippen molar-refractivity contribution in [2.75, 3.05) is 38.6 Å². The van der Waals surface area contributed by atoms with Gasteiger partial charge in [0.05, 0.1) is 18.3 Å². The highest BCUT2D eigenvalue weighted by atomic mass is 32.2. The zero-order valence-corrected chi connectivity index (χ0v) is 18.3. The molecule has 0 saturated carbocycles. The van der Waals surface area contributed by atoms with Gasteiger partial charge in [0.25, 0.3) is 0 Å². The second kappa shape index (κ2) is 16.5. The molecule has 1 aliphatic heterocycles.